The van der Waals surface area contributed by atoms with E-state index in [1.54, 1.807) is 13.1 Å². The molecule has 0 radical (unpaired) electrons. The van der Waals surface area contributed by atoms with Crippen molar-refractivity contribution in [2.75, 3.05) is 5.32 Å². The summed E-state index contributed by atoms with van der Waals surface area (Å²) >= 11 is 0. The lowest BCUT2D eigenvalue weighted by atomic mass is 10.2. The van der Waals surface area contributed by atoms with Crippen LogP contribution in [0, 0.1) is 17.0 Å². The van der Waals surface area contributed by atoms with Crippen LogP contribution in [0.15, 0.2) is 28.8 Å². The number of oxazole rings is 1. The monoisotopic (exact) mass is 261 g/mol. The van der Waals surface area contributed by atoms with Crippen LogP contribution in [0.4, 0.5) is 11.4 Å². The molecular weight excluding hydrogens is 250 g/mol. The minimum Gasteiger partial charge on any atom is -0.444 e. The lowest BCUT2D eigenvalue weighted by Crippen LogP contribution is -2.03. The summed E-state index contributed by atoms with van der Waals surface area (Å²) in [5.74, 6) is 1.11. The van der Waals surface area contributed by atoms with E-state index in [1.165, 1.54) is 18.2 Å². The number of carbonyl (C=O) groups excluding carboxylic acids is 1. The predicted molar refractivity (Wildman–Crippen MR) is 67.1 cm³/mol. The number of nitrogens with zero attached hydrogens (tertiary/aromatic N) is 2. The average Bonchev–Trinajstić information content (AvgIpc) is 2.82. The molecule has 0 spiro atoms. The molecule has 98 valence electrons. The topological polar surface area (TPSA) is 98.3 Å². The van der Waals surface area contributed by atoms with Gasteiger partial charge in [0.1, 0.15) is 17.7 Å². The van der Waals surface area contributed by atoms with Crippen molar-refractivity contribution < 1.29 is 14.1 Å². The van der Waals surface area contributed by atoms with Gasteiger partial charge in [-0.3, -0.25) is 14.9 Å². The molecule has 7 nitrogen and oxygen atoms in total. The van der Waals surface area contributed by atoms with Crippen molar-refractivity contribution >= 4 is 17.7 Å². The third kappa shape index (κ3) is 2.95. The smallest absolute Gasteiger partial charge is 0.293 e. The van der Waals surface area contributed by atoms with Gasteiger partial charge in [0.15, 0.2) is 0 Å². The van der Waals surface area contributed by atoms with Gasteiger partial charge in [-0.25, -0.2) is 4.98 Å². The largest absolute Gasteiger partial charge is 0.444 e. The maximum atomic E-state index is 10.9. The fourth-order valence-electron chi connectivity index (χ4n) is 1.58. The van der Waals surface area contributed by atoms with E-state index in [4.69, 9.17) is 4.42 Å². The van der Waals surface area contributed by atoms with Crippen LogP contribution < -0.4 is 5.32 Å². The lowest BCUT2D eigenvalue weighted by Gasteiger charge is -2.05. The number of rotatable bonds is 5. The highest BCUT2D eigenvalue weighted by Crippen LogP contribution is 2.25. The fraction of sp³-hybridized carbons (Fsp3) is 0.167. The third-order valence-electron chi connectivity index (χ3n) is 2.45. The Balaban J connectivity index is 2.19. The standard InChI is InChI=1S/C12H11N3O4/c1-8-5-14-12(19-8)6-13-10-3-2-9(7-16)4-11(10)15(17)18/h2-5,7,13H,6H2,1H3. The van der Waals surface area contributed by atoms with Crippen molar-refractivity contribution in [1.82, 2.24) is 4.98 Å². The average molecular weight is 261 g/mol. The van der Waals surface area contributed by atoms with Crippen molar-refractivity contribution in [3.63, 3.8) is 0 Å². The van der Waals surface area contributed by atoms with E-state index in [0.29, 0.717) is 23.6 Å². The summed E-state index contributed by atoms with van der Waals surface area (Å²) in [6.07, 6.45) is 2.13. The van der Waals surface area contributed by atoms with Gasteiger partial charge in [-0.05, 0) is 19.1 Å². The molecule has 1 aromatic carbocycles. The zero-order valence-corrected chi connectivity index (χ0v) is 10.1. The van der Waals surface area contributed by atoms with Crippen LogP contribution in [-0.2, 0) is 6.54 Å². The first-order valence-electron chi connectivity index (χ1n) is 5.49. The molecule has 1 heterocycles. The van der Waals surface area contributed by atoms with Gasteiger partial charge in [0.2, 0.25) is 5.89 Å². The van der Waals surface area contributed by atoms with Crippen molar-refractivity contribution in [3.05, 3.63) is 51.7 Å². The lowest BCUT2D eigenvalue weighted by molar-refractivity contribution is -0.384. The molecular formula is C12H11N3O4. The Hall–Kier alpha value is -2.70. The van der Waals surface area contributed by atoms with Crippen LogP contribution in [-0.4, -0.2) is 16.2 Å². The van der Waals surface area contributed by atoms with Crippen molar-refractivity contribution in [2.45, 2.75) is 13.5 Å². The highest BCUT2D eigenvalue weighted by Gasteiger charge is 2.14. The van der Waals surface area contributed by atoms with Crippen LogP contribution in [0.3, 0.4) is 0 Å². The predicted octanol–water partition coefficient (Wildman–Crippen LogP) is 2.32. The molecule has 0 saturated heterocycles. The molecule has 2 aromatic rings. The van der Waals surface area contributed by atoms with Gasteiger partial charge < -0.3 is 9.73 Å². The Bertz CT molecular complexity index is 621. The summed E-state index contributed by atoms with van der Waals surface area (Å²) in [6, 6.07) is 4.21. The second-order valence-corrected chi connectivity index (χ2v) is 3.87. The molecule has 2 rings (SSSR count). The number of benzene rings is 1. The molecule has 0 aliphatic heterocycles. The molecule has 7 heteroatoms. The summed E-state index contributed by atoms with van der Waals surface area (Å²) in [4.78, 5) is 25.0. The Kier molecular flexibility index (Phi) is 3.56. The van der Waals surface area contributed by atoms with Gasteiger partial charge in [0.05, 0.1) is 17.7 Å². The number of carbonyl (C=O) groups is 1. The zero-order valence-electron chi connectivity index (χ0n) is 10.1. The number of nitrogens with one attached hydrogen (secondary N) is 1. The van der Waals surface area contributed by atoms with Crippen LogP contribution in [0.1, 0.15) is 22.0 Å². The number of aromatic nitrogens is 1. The Morgan fingerprint density at radius 3 is 2.89 bits per heavy atom. The molecule has 0 unspecified atom stereocenters. The number of hydrogen-bond acceptors (Lipinski definition) is 6. The molecule has 0 fully saturated rings. The number of aryl methyl sites for hydroxylation is 1. The molecule has 0 saturated carbocycles. The van der Waals surface area contributed by atoms with E-state index >= 15 is 0 Å². The van der Waals surface area contributed by atoms with Gasteiger partial charge in [-0.1, -0.05) is 0 Å². The van der Waals surface area contributed by atoms with E-state index in [9.17, 15) is 14.9 Å². The first-order chi connectivity index (χ1) is 9.10. The number of aldehydes is 1. The van der Waals surface area contributed by atoms with Gasteiger partial charge >= 0.3 is 0 Å². The summed E-state index contributed by atoms with van der Waals surface area (Å²) < 4.78 is 5.25. The van der Waals surface area contributed by atoms with Crippen LogP contribution in [0.25, 0.3) is 0 Å². The normalized spacial score (nSPS) is 10.2. The highest BCUT2D eigenvalue weighted by atomic mass is 16.6. The molecule has 0 amide bonds. The Labute approximate surface area is 108 Å². The first-order valence-corrected chi connectivity index (χ1v) is 5.49. The minimum absolute atomic E-state index is 0.159. The fourth-order valence-corrected chi connectivity index (χ4v) is 1.58. The Morgan fingerprint density at radius 1 is 1.53 bits per heavy atom. The molecule has 0 aliphatic rings. The number of hydrogen-bond donors (Lipinski definition) is 1. The first kappa shape index (κ1) is 12.7. The maximum Gasteiger partial charge on any atom is 0.293 e. The van der Waals surface area contributed by atoms with Crippen LogP contribution >= 0.6 is 0 Å². The summed E-state index contributed by atoms with van der Waals surface area (Å²) in [5.41, 5.74) is 0.406. The second kappa shape index (κ2) is 5.30. The zero-order chi connectivity index (χ0) is 13.8. The van der Waals surface area contributed by atoms with Crippen molar-refractivity contribution in [2.24, 2.45) is 0 Å². The summed E-state index contributed by atoms with van der Waals surface area (Å²) in [5, 5.41) is 13.8. The van der Waals surface area contributed by atoms with Gasteiger partial charge in [0, 0.05) is 11.6 Å². The molecule has 1 aromatic heterocycles. The van der Waals surface area contributed by atoms with E-state index < -0.39 is 4.92 Å². The van der Waals surface area contributed by atoms with Gasteiger partial charge in [-0.15, -0.1) is 0 Å². The maximum absolute atomic E-state index is 10.9. The van der Waals surface area contributed by atoms with E-state index in [1.807, 2.05) is 0 Å². The Morgan fingerprint density at radius 2 is 2.32 bits per heavy atom. The molecule has 1 N–H and O–H groups in total. The molecule has 0 aliphatic carbocycles. The minimum atomic E-state index is -0.545. The van der Waals surface area contributed by atoms with Crippen LogP contribution in [0.2, 0.25) is 0 Å². The van der Waals surface area contributed by atoms with E-state index in [0.717, 1.165) is 0 Å². The van der Waals surface area contributed by atoms with E-state index in [2.05, 4.69) is 10.3 Å². The van der Waals surface area contributed by atoms with Crippen molar-refractivity contribution in [3.8, 4) is 0 Å². The van der Waals surface area contributed by atoms with Gasteiger partial charge in [0.25, 0.3) is 5.69 Å². The summed E-state index contributed by atoms with van der Waals surface area (Å²) in [7, 11) is 0. The highest BCUT2D eigenvalue weighted by molar-refractivity contribution is 5.79. The SMILES string of the molecule is Cc1cnc(CNc2ccc(C=O)cc2[N+](=O)[O-])o1. The van der Waals surface area contributed by atoms with Crippen LogP contribution in [0.5, 0.6) is 0 Å². The molecule has 0 atom stereocenters. The summed E-state index contributed by atoms with van der Waals surface area (Å²) in [6.45, 7) is 1.99. The third-order valence-corrected chi connectivity index (χ3v) is 2.45. The number of anilines is 1. The number of nitro benzene ring substituents is 1. The molecule has 0 bridgehead atoms. The van der Waals surface area contributed by atoms with Gasteiger partial charge in [-0.2, -0.15) is 0 Å². The molecule has 19 heavy (non-hydrogen) atoms. The quantitative estimate of drug-likeness (QED) is 0.503. The van der Waals surface area contributed by atoms with Crippen molar-refractivity contribution in [1.29, 1.82) is 0 Å². The second-order valence-electron chi connectivity index (χ2n) is 3.87. The number of nitro groups is 1. The van der Waals surface area contributed by atoms with E-state index in [-0.39, 0.29) is 17.8 Å².